The van der Waals surface area contributed by atoms with Crippen LogP contribution in [0.1, 0.15) is 54.0 Å². The molecule has 3 heteroatoms. The van der Waals surface area contributed by atoms with Gasteiger partial charge in [0.05, 0.1) is 12.6 Å². The van der Waals surface area contributed by atoms with Crippen LogP contribution in [0.3, 0.4) is 0 Å². The van der Waals surface area contributed by atoms with Gasteiger partial charge in [-0.1, -0.05) is 6.92 Å². The van der Waals surface area contributed by atoms with Gasteiger partial charge in [-0.25, -0.2) is 0 Å². The molecule has 2 aliphatic rings. The molecule has 1 aliphatic heterocycles. The lowest BCUT2D eigenvalue weighted by Crippen LogP contribution is -2.25. The molecule has 0 amide bonds. The standard InChI is InChI=1S/C16H23NOS/c1-2-9-17-16(13-7-3-4-10-18-13)15-11-12-6-5-8-14(12)19-15/h7,11,16-17H,2-6,8-10H2,1H3. The van der Waals surface area contributed by atoms with Crippen LogP contribution < -0.4 is 5.32 Å². The Balaban J connectivity index is 1.82. The fraction of sp³-hybridized carbons (Fsp3) is 0.625. The highest BCUT2D eigenvalue weighted by atomic mass is 32.1. The van der Waals surface area contributed by atoms with Crippen molar-refractivity contribution in [1.82, 2.24) is 5.32 Å². The highest BCUT2D eigenvalue weighted by Crippen LogP contribution is 2.37. The molecule has 1 N–H and O–H groups in total. The molecule has 1 atom stereocenters. The smallest absolute Gasteiger partial charge is 0.114 e. The topological polar surface area (TPSA) is 21.3 Å². The van der Waals surface area contributed by atoms with E-state index in [-0.39, 0.29) is 6.04 Å². The Bertz CT molecular complexity index is 442. The van der Waals surface area contributed by atoms with E-state index in [1.807, 2.05) is 11.3 Å². The van der Waals surface area contributed by atoms with E-state index in [4.69, 9.17) is 4.74 Å². The Hall–Kier alpha value is -0.800. The lowest BCUT2D eigenvalue weighted by molar-refractivity contribution is 0.168. The lowest BCUT2D eigenvalue weighted by Gasteiger charge is -2.24. The van der Waals surface area contributed by atoms with Gasteiger partial charge in [0.25, 0.3) is 0 Å². The normalized spacial score (nSPS) is 19.7. The maximum Gasteiger partial charge on any atom is 0.114 e. The third-order valence-electron chi connectivity index (χ3n) is 3.90. The summed E-state index contributed by atoms with van der Waals surface area (Å²) in [5.74, 6) is 1.15. The lowest BCUT2D eigenvalue weighted by atomic mass is 10.1. The van der Waals surface area contributed by atoms with Gasteiger partial charge in [0, 0.05) is 9.75 Å². The quantitative estimate of drug-likeness (QED) is 0.879. The van der Waals surface area contributed by atoms with Gasteiger partial charge >= 0.3 is 0 Å². The van der Waals surface area contributed by atoms with Crippen molar-refractivity contribution in [3.8, 4) is 0 Å². The molecule has 0 radical (unpaired) electrons. The summed E-state index contributed by atoms with van der Waals surface area (Å²) in [7, 11) is 0. The molecule has 1 aromatic heterocycles. The van der Waals surface area contributed by atoms with Gasteiger partial charge in [-0.3, -0.25) is 0 Å². The zero-order chi connectivity index (χ0) is 13.1. The first kappa shape index (κ1) is 13.2. The molecule has 0 aromatic carbocycles. The molecule has 3 rings (SSSR count). The van der Waals surface area contributed by atoms with Crippen LogP contribution in [0, 0.1) is 0 Å². The zero-order valence-electron chi connectivity index (χ0n) is 11.7. The number of aryl methyl sites for hydroxylation is 2. The Labute approximate surface area is 119 Å². The van der Waals surface area contributed by atoms with Crippen molar-refractivity contribution >= 4 is 11.3 Å². The largest absolute Gasteiger partial charge is 0.496 e. The minimum atomic E-state index is 0.288. The van der Waals surface area contributed by atoms with Crippen molar-refractivity contribution in [1.29, 1.82) is 0 Å². The van der Waals surface area contributed by atoms with Crippen LogP contribution in [0.2, 0.25) is 0 Å². The monoisotopic (exact) mass is 277 g/mol. The summed E-state index contributed by atoms with van der Waals surface area (Å²) in [6.07, 6.45) is 9.65. The zero-order valence-corrected chi connectivity index (χ0v) is 12.5. The summed E-state index contributed by atoms with van der Waals surface area (Å²) in [5, 5.41) is 3.66. The van der Waals surface area contributed by atoms with Gasteiger partial charge in [-0.05, 0) is 62.8 Å². The van der Waals surface area contributed by atoms with E-state index < -0.39 is 0 Å². The second-order valence-electron chi connectivity index (χ2n) is 5.44. The van der Waals surface area contributed by atoms with Gasteiger partial charge in [0.1, 0.15) is 5.76 Å². The second kappa shape index (κ2) is 6.10. The average Bonchev–Trinajstić information content (AvgIpc) is 3.02. The number of hydrogen-bond acceptors (Lipinski definition) is 3. The highest BCUT2D eigenvalue weighted by Gasteiger charge is 2.24. The van der Waals surface area contributed by atoms with Crippen molar-refractivity contribution in [2.75, 3.05) is 13.2 Å². The Morgan fingerprint density at radius 1 is 1.37 bits per heavy atom. The molecule has 0 fully saturated rings. The van der Waals surface area contributed by atoms with E-state index in [1.165, 1.54) is 24.1 Å². The molecule has 0 spiro atoms. The van der Waals surface area contributed by atoms with Crippen molar-refractivity contribution in [2.45, 2.75) is 51.5 Å². The molecule has 0 saturated heterocycles. The van der Waals surface area contributed by atoms with Gasteiger partial charge < -0.3 is 10.1 Å². The van der Waals surface area contributed by atoms with Crippen molar-refractivity contribution in [3.05, 3.63) is 33.2 Å². The highest BCUT2D eigenvalue weighted by molar-refractivity contribution is 7.12. The summed E-state index contributed by atoms with van der Waals surface area (Å²) in [4.78, 5) is 3.06. The number of ether oxygens (including phenoxy) is 1. The fourth-order valence-corrected chi connectivity index (χ4v) is 4.24. The second-order valence-corrected chi connectivity index (χ2v) is 6.60. The maximum absolute atomic E-state index is 5.90. The number of allylic oxidation sites excluding steroid dienone is 1. The summed E-state index contributed by atoms with van der Waals surface area (Å²) in [6, 6.07) is 2.70. The third-order valence-corrected chi connectivity index (χ3v) is 5.20. The summed E-state index contributed by atoms with van der Waals surface area (Å²) in [6.45, 7) is 4.14. The Morgan fingerprint density at radius 2 is 2.32 bits per heavy atom. The molecule has 0 bridgehead atoms. The molecule has 104 valence electrons. The van der Waals surface area contributed by atoms with Crippen LogP contribution in [0.5, 0.6) is 0 Å². The molecule has 2 heterocycles. The maximum atomic E-state index is 5.90. The first-order valence-electron chi connectivity index (χ1n) is 7.56. The number of nitrogens with one attached hydrogen (secondary N) is 1. The van der Waals surface area contributed by atoms with Crippen LogP contribution in [0.15, 0.2) is 17.9 Å². The van der Waals surface area contributed by atoms with Gasteiger partial charge in [0.15, 0.2) is 0 Å². The molecule has 2 nitrogen and oxygen atoms in total. The van der Waals surface area contributed by atoms with E-state index in [1.54, 1.807) is 10.4 Å². The Kier molecular flexibility index (Phi) is 4.24. The molecule has 0 saturated carbocycles. The van der Waals surface area contributed by atoms with Crippen LogP contribution in [0.4, 0.5) is 0 Å². The average molecular weight is 277 g/mol. The number of hydrogen-bond donors (Lipinski definition) is 1. The van der Waals surface area contributed by atoms with Crippen molar-refractivity contribution < 1.29 is 4.74 Å². The van der Waals surface area contributed by atoms with Gasteiger partial charge in [-0.15, -0.1) is 11.3 Å². The number of fused-ring (bicyclic) bond motifs is 1. The predicted octanol–water partition coefficient (Wildman–Crippen LogP) is 3.97. The molecule has 1 unspecified atom stereocenters. The fourth-order valence-electron chi connectivity index (χ4n) is 2.90. The van der Waals surface area contributed by atoms with Crippen LogP contribution >= 0.6 is 11.3 Å². The third kappa shape index (κ3) is 2.87. The number of rotatable bonds is 5. The molecular weight excluding hydrogens is 254 g/mol. The van der Waals surface area contributed by atoms with Crippen LogP contribution in [0.25, 0.3) is 0 Å². The first-order chi connectivity index (χ1) is 9.38. The number of thiophene rings is 1. The Morgan fingerprint density at radius 3 is 3.05 bits per heavy atom. The van der Waals surface area contributed by atoms with Crippen LogP contribution in [-0.2, 0) is 17.6 Å². The van der Waals surface area contributed by atoms with Gasteiger partial charge in [-0.2, -0.15) is 0 Å². The predicted molar refractivity (Wildman–Crippen MR) is 80.6 cm³/mol. The summed E-state index contributed by atoms with van der Waals surface area (Å²) < 4.78 is 5.90. The van der Waals surface area contributed by atoms with Crippen molar-refractivity contribution in [2.24, 2.45) is 0 Å². The minimum Gasteiger partial charge on any atom is -0.496 e. The molecular formula is C16H23NOS. The van der Waals surface area contributed by atoms with E-state index in [0.717, 1.165) is 38.2 Å². The van der Waals surface area contributed by atoms with Crippen LogP contribution in [-0.4, -0.2) is 13.2 Å². The summed E-state index contributed by atoms with van der Waals surface area (Å²) in [5.41, 5.74) is 1.58. The summed E-state index contributed by atoms with van der Waals surface area (Å²) >= 11 is 1.99. The molecule has 1 aromatic rings. The molecule has 19 heavy (non-hydrogen) atoms. The van der Waals surface area contributed by atoms with E-state index >= 15 is 0 Å². The minimum absolute atomic E-state index is 0.288. The SMILES string of the molecule is CCCNC(C1=CCCCO1)c1cc2c(s1)CCC2. The van der Waals surface area contributed by atoms with E-state index in [2.05, 4.69) is 24.4 Å². The first-order valence-corrected chi connectivity index (χ1v) is 8.38. The molecule has 1 aliphatic carbocycles. The van der Waals surface area contributed by atoms with Crippen molar-refractivity contribution in [3.63, 3.8) is 0 Å². The van der Waals surface area contributed by atoms with E-state index in [9.17, 15) is 0 Å². The van der Waals surface area contributed by atoms with E-state index in [0.29, 0.717) is 0 Å². The van der Waals surface area contributed by atoms with Gasteiger partial charge in [0.2, 0.25) is 0 Å².